The second-order valence-electron chi connectivity index (χ2n) is 6.48. The Balaban J connectivity index is 1.71. The van der Waals surface area contributed by atoms with Crippen LogP contribution in [0.1, 0.15) is 35.7 Å². The Morgan fingerprint density at radius 3 is 2.58 bits per heavy atom. The van der Waals surface area contributed by atoms with Crippen LogP contribution in [0.3, 0.4) is 0 Å². The van der Waals surface area contributed by atoms with Gasteiger partial charge in [0.2, 0.25) is 0 Å². The fourth-order valence-electron chi connectivity index (χ4n) is 3.43. The largest absolute Gasteiger partial charge is 0.295 e. The smallest absolute Gasteiger partial charge is 0.280 e. The van der Waals surface area contributed by atoms with Crippen LogP contribution < -0.4 is 5.56 Å². The number of benzene rings is 2. The van der Waals surface area contributed by atoms with Crippen molar-refractivity contribution in [1.82, 2.24) is 9.78 Å². The van der Waals surface area contributed by atoms with E-state index in [9.17, 15) is 4.79 Å². The van der Waals surface area contributed by atoms with Crippen molar-refractivity contribution in [3.8, 4) is 5.69 Å². The van der Waals surface area contributed by atoms with Gasteiger partial charge in [0.25, 0.3) is 5.56 Å². The van der Waals surface area contributed by atoms with Crippen LogP contribution in [-0.4, -0.2) is 21.2 Å². The molecule has 0 unspecified atom stereocenters. The fraction of sp³-hybridized carbons (Fsp3) is 0.190. The first kappa shape index (κ1) is 16.3. The molecule has 0 fully saturated rings. The summed E-state index contributed by atoms with van der Waals surface area (Å²) in [5, 5.41) is 12.0. The molecule has 0 amide bonds. The van der Waals surface area contributed by atoms with Crippen LogP contribution in [0.4, 0.5) is 0 Å². The first-order valence-corrected chi connectivity index (χ1v) is 8.72. The van der Waals surface area contributed by atoms with E-state index in [1.54, 1.807) is 4.68 Å². The standard InChI is InChI=1S/C21H20N4O/c1-14(22-23-19-13-12-16-8-6-7-11-18(16)19)20-15(2)24-25(21(20)26)17-9-4-3-5-10-17/h3-11,24H,12-13H2,1-2H3/b22-14+,23-19?. The number of H-pyrrole nitrogens is 1. The van der Waals surface area contributed by atoms with Crippen molar-refractivity contribution in [2.45, 2.75) is 26.7 Å². The van der Waals surface area contributed by atoms with Crippen LogP contribution >= 0.6 is 0 Å². The van der Waals surface area contributed by atoms with E-state index in [1.165, 1.54) is 5.56 Å². The molecule has 0 aliphatic heterocycles. The molecule has 0 saturated carbocycles. The summed E-state index contributed by atoms with van der Waals surface area (Å²) < 4.78 is 1.54. The minimum absolute atomic E-state index is 0.109. The fourth-order valence-corrected chi connectivity index (χ4v) is 3.43. The van der Waals surface area contributed by atoms with Crippen LogP contribution in [0, 0.1) is 6.92 Å². The molecule has 4 rings (SSSR count). The average Bonchev–Trinajstić information content (AvgIpc) is 3.21. The van der Waals surface area contributed by atoms with Crippen molar-refractivity contribution in [1.29, 1.82) is 0 Å². The van der Waals surface area contributed by atoms with Crippen LogP contribution in [0.2, 0.25) is 0 Å². The summed E-state index contributed by atoms with van der Waals surface area (Å²) in [6, 6.07) is 17.8. The van der Waals surface area contributed by atoms with E-state index in [2.05, 4.69) is 27.4 Å². The second kappa shape index (κ2) is 6.59. The number of aromatic amines is 1. The van der Waals surface area contributed by atoms with E-state index in [-0.39, 0.29) is 5.56 Å². The SMILES string of the molecule is C/C(=N\N=C1CCc2ccccc21)c1c(C)[nH]n(-c2ccccc2)c1=O. The lowest BCUT2D eigenvalue weighted by Crippen LogP contribution is -2.19. The Morgan fingerprint density at radius 2 is 1.77 bits per heavy atom. The molecule has 3 aromatic rings. The Kier molecular flexibility index (Phi) is 4.13. The Morgan fingerprint density at radius 1 is 1.04 bits per heavy atom. The van der Waals surface area contributed by atoms with Gasteiger partial charge in [-0.15, -0.1) is 0 Å². The monoisotopic (exact) mass is 344 g/mol. The quantitative estimate of drug-likeness (QED) is 0.572. The van der Waals surface area contributed by atoms with Gasteiger partial charge >= 0.3 is 0 Å². The van der Waals surface area contributed by atoms with Crippen molar-refractivity contribution in [2.75, 3.05) is 0 Å². The maximum atomic E-state index is 12.8. The van der Waals surface area contributed by atoms with E-state index in [4.69, 9.17) is 0 Å². The van der Waals surface area contributed by atoms with Crippen molar-refractivity contribution < 1.29 is 0 Å². The molecule has 1 aliphatic rings. The molecule has 0 bridgehead atoms. The average molecular weight is 344 g/mol. The Labute approximate surface area is 151 Å². The van der Waals surface area contributed by atoms with E-state index < -0.39 is 0 Å². The van der Waals surface area contributed by atoms with Gasteiger partial charge in [-0.25, -0.2) is 4.68 Å². The summed E-state index contributed by atoms with van der Waals surface area (Å²) >= 11 is 0. The minimum Gasteiger partial charge on any atom is -0.295 e. The molecule has 2 aromatic carbocycles. The molecule has 0 spiro atoms. The zero-order chi connectivity index (χ0) is 18.1. The Bertz CT molecular complexity index is 1070. The number of fused-ring (bicyclic) bond motifs is 1. The van der Waals surface area contributed by atoms with Gasteiger partial charge in [0.15, 0.2) is 0 Å². The van der Waals surface area contributed by atoms with Crippen LogP contribution in [0.25, 0.3) is 5.69 Å². The summed E-state index contributed by atoms with van der Waals surface area (Å²) in [6.07, 6.45) is 1.88. The van der Waals surface area contributed by atoms with E-state index in [0.29, 0.717) is 11.3 Å². The van der Waals surface area contributed by atoms with Crippen molar-refractivity contribution in [2.24, 2.45) is 10.2 Å². The molecule has 1 aliphatic carbocycles. The zero-order valence-corrected chi connectivity index (χ0v) is 14.9. The third kappa shape index (κ3) is 2.81. The van der Waals surface area contributed by atoms with Crippen LogP contribution in [0.15, 0.2) is 69.6 Å². The predicted molar refractivity (Wildman–Crippen MR) is 105 cm³/mol. The topological polar surface area (TPSA) is 62.5 Å². The lowest BCUT2D eigenvalue weighted by molar-refractivity contribution is 0.835. The van der Waals surface area contributed by atoms with Gasteiger partial charge in [0, 0.05) is 11.3 Å². The van der Waals surface area contributed by atoms with Crippen LogP contribution in [0.5, 0.6) is 0 Å². The summed E-state index contributed by atoms with van der Waals surface area (Å²) in [5.41, 5.74) is 6.13. The minimum atomic E-state index is -0.109. The number of hydrogen-bond acceptors (Lipinski definition) is 3. The zero-order valence-electron chi connectivity index (χ0n) is 14.9. The van der Waals surface area contributed by atoms with Gasteiger partial charge in [0.05, 0.1) is 22.7 Å². The molecule has 0 atom stereocenters. The predicted octanol–water partition coefficient (Wildman–Crippen LogP) is 3.63. The van der Waals surface area contributed by atoms with Gasteiger partial charge in [-0.1, -0.05) is 42.5 Å². The molecular weight excluding hydrogens is 324 g/mol. The number of para-hydroxylation sites is 1. The third-order valence-corrected chi connectivity index (χ3v) is 4.73. The van der Waals surface area contributed by atoms with Gasteiger partial charge in [-0.2, -0.15) is 10.2 Å². The summed E-state index contributed by atoms with van der Waals surface area (Å²) in [6.45, 7) is 3.71. The number of aryl methyl sites for hydroxylation is 2. The highest BCUT2D eigenvalue weighted by molar-refractivity contribution is 6.05. The highest BCUT2D eigenvalue weighted by Crippen LogP contribution is 2.22. The molecule has 1 heterocycles. The van der Waals surface area contributed by atoms with Gasteiger partial charge in [0.1, 0.15) is 0 Å². The summed E-state index contributed by atoms with van der Waals surface area (Å²) in [7, 11) is 0. The van der Waals surface area contributed by atoms with E-state index >= 15 is 0 Å². The highest BCUT2D eigenvalue weighted by Gasteiger charge is 2.18. The van der Waals surface area contributed by atoms with Gasteiger partial charge in [-0.05, 0) is 44.4 Å². The molecule has 0 saturated heterocycles. The number of hydrogen-bond donors (Lipinski definition) is 1. The molecule has 26 heavy (non-hydrogen) atoms. The summed E-state index contributed by atoms with van der Waals surface area (Å²) in [5.74, 6) is 0. The van der Waals surface area contributed by atoms with Gasteiger partial charge < -0.3 is 0 Å². The lowest BCUT2D eigenvalue weighted by atomic mass is 10.1. The van der Waals surface area contributed by atoms with Crippen LogP contribution in [-0.2, 0) is 6.42 Å². The molecule has 5 nitrogen and oxygen atoms in total. The molecular formula is C21H20N4O. The first-order valence-electron chi connectivity index (χ1n) is 8.72. The van der Waals surface area contributed by atoms with Crippen molar-refractivity contribution >= 4 is 11.4 Å². The normalized spacial score (nSPS) is 15.5. The van der Waals surface area contributed by atoms with Crippen molar-refractivity contribution in [3.05, 3.63) is 87.3 Å². The number of rotatable bonds is 3. The molecule has 5 heteroatoms. The van der Waals surface area contributed by atoms with Crippen molar-refractivity contribution in [3.63, 3.8) is 0 Å². The first-order chi connectivity index (χ1) is 12.6. The maximum Gasteiger partial charge on any atom is 0.280 e. The highest BCUT2D eigenvalue weighted by atomic mass is 16.1. The molecule has 0 radical (unpaired) electrons. The maximum absolute atomic E-state index is 12.8. The molecule has 1 aromatic heterocycles. The van der Waals surface area contributed by atoms with Gasteiger partial charge in [-0.3, -0.25) is 9.89 Å². The van der Waals surface area contributed by atoms with E-state index in [0.717, 1.165) is 35.5 Å². The van der Waals surface area contributed by atoms with E-state index in [1.807, 2.05) is 56.3 Å². The molecule has 1 N–H and O–H groups in total. The number of aromatic nitrogens is 2. The third-order valence-electron chi connectivity index (χ3n) is 4.73. The Hall–Kier alpha value is -3.21. The number of nitrogens with zero attached hydrogens (tertiary/aromatic N) is 3. The summed E-state index contributed by atoms with van der Waals surface area (Å²) in [4.78, 5) is 12.8. The lowest BCUT2D eigenvalue weighted by Gasteiger charge is -1.99. The molecule has 130 valence electrons. The number of nitrogens with one attached hydrogen (secondary N) is 1. The second-order valence-corrected chi connectivity index (χ2v) is 6.48.